The molecule has 0 atom stereocenters. The Morgan fingerprint density at radius 2 is 1.80 bits per heavy atom. The average Bonchev–Trinajstić information content (AvgIpc) is 2.07. The molecule has 0 amide bonds. The van der Waals surface area contributed by atoms with Crippen molar-refractivity contribution < 1.29 is 15.3 Å². The average molecular weight is 143 g/mol. The van der Waals surface area contributed by atoms with Gasteiger partial charge < -0.3 is 5.21 Å². The standard InChI is InChI=1S/C6H11N2O2/c1-4-5(2)7(9)8(10)6(4)3/h9-10H,1-3H3/q+1. The summed E-state index contributed by atoms with van der Waals surface area (Å²) in [5.41, 5.74) is 2.20. The Balaban J connectivity index is 3.44. The first-order chi connectivity index (χ1) is 4.55. The fraction of sp³-hybridized carbons (Fsp3) is 0.500. The largest absolute Gasteiger partial charge is 0.380 e. The lowest BCUT2D eigenvalue weighted by atomic mass is 10.2. The van der Waals surface area contributed by atoms with Gasteiger partial charge in [-0.15, -0.1) is 0 Å². The van der Waals surface area contributed by atoms with E-state index in [-0.39, 0.29) is 0 Å². The first-order valence-corrected chi connectivity index (χ1v) is 3.05. The van der Waals surface area contributed by atoms with E-state index in [2.05, 4.69) is 0 Å². The fourth-order valence-corrected chi connectivity index (χ4v) is 0.846. The minimum Gasteiger partial charge on any atom is -0.380 e. The molecule has 1 rings (SSSR count). The Morgan fingerprint density at radius 3 is 1.90 bits per heavy atom. The summed E-state index contributed by atoms with van der Waals surface area (Å²) in [5.74, 6) is 0. The van der Waals surface area contributed by atoms with E-state index in [9.17, 15) is 0 Å². The molecule has 0 fully saturated rings. The van der Waals surface area contributed by atoms with Gasteiger partial charge in [0.2, 0.25) is 0 Å². The molecule has 2 N–H and O–H groups in total. The topological polar surface area (TPSA) is 49.3 Å². The maximum absolute atomic E-state index is 9.04. The van der Waals surface area contributed by atoms with Crippen molar-refractivity contribution in [3.8, 4) is 0 Å². The maximum atomic E-state index is 9.04. The van der Waals surface area contributed by atoms with Crippen molar-refractivity contribution in [3.63, 3.8) is 0 Å². The summed E-state index contributed by atoms with van der Waals surface area (Å²) in [7, 11) is 0. The van der Waals surface area contributed by atoms with Crippen LogP contribution in [0.25, 0.3) is 0 Å². The molecule has 0 spiro atoms. The van der Waals surface area contributed by atoms with Crippen LogP contribution in [-0.4, -0.2) is 15.3 Å². The Kier molecular flexibility index (Phi) is 1.31. The Hall–Kier alpha value is -1.19. The fourth-order valence-electron chi connectivity index (χ4n) is 0.846. The molecular weight excluding hydrogens is 132 g/mol. The summed E-state index contributed by atoms with van der Waals surface area (Å²) in [5, 5.41) is 18.1. The van der Waals surface area contributed by atoms with Crippen molar-refractivity contribution in [1.82, 2.24) is 4.85 Å². The highest BCUT2D eigenvalue weighted by atomic mass is 16.6. The lowest BCUT2D eigenvalue weighted by Gasteiger charge is -1.84. The number of aromatic nitrogens is 2. The van der Waals surface area contributed by atoms with Gasteiger partial charge in [-0.05, 0) is 13.8 Å². The van der Waals surface area contributed by atoms with Gasteiger partial charge >= 0.3 is 0 Å². The predicted molar refractivity (Wildman–Crippen MR) is 33.2 cm³/mol. The Morgan fingerprint density at radius 1 is 1.30 bits per heavy atom. The second-order valence-corrected chi connectivity index (χ2v) is 2.37. The van der Waals surface area contributed by atoms with Crippen molar-refractivity contribution in [2.75, 3.05) is 0 Å². The maximum Gasteiger partial charge on any atom is 0.269 e. The van der Waals surface area contributed by atoms with Crippen LogP contribution in [0.15, 0.2) is 0 Å². The molecule has 1 heterocycles. The Bertz CT molecular complexity index is 185. The molecule has 0 unspecified atom stereocenters. The van der Waals surface area contributed by atoms with Crippen molar-refractivity contribution >= 4 is 0 Å². The number of hydrogen-bond acceptors (Lipinski definition) is 2. The molecule has 1 aromatic rings. The first kappa shape index (κ1) is 6.92. The molecule has 0 saturated heterocycles. The molecule has 10 heavy (non-hydrogen) atoms. The van der Waals surface area contributed by atoms with E-state index in [4.69, 9.17) is 10.4 Å². The third-order valence-electron chi connectivity index (χ3n) is 1.86. The zero-order chi connectivity index (χ0) is 7.89. The Labute approximate surface area is 58.8 Å². The van der Waals surface area contributed by atoms with E-state index in [0.29, 0.717) is 21.1 Å². The number of nitrogens with zero attached hydrogens (tertiary/aromatic N) is 2. The predicted octanol–water partition coefficient (Wildman–Crippen LogP) is 0.175. The molecule has 0 aliphatic heterocycles. The number of hydrogen-bond donors (Lipinski definition) is 2. The zero-order valence-electron chi connectivity index (χ0n) is 6.29. The smallest absolute Gasteiger partial charge is 0.269 e. The monoisotopic (exact) mass is 143 g/mol. The molecule has 1 aromatic heterocycles. The normalized spacial score (nSPS) is 10.3. The SMILES string of the molecule is Cc1c(C)n(O)[n+](O)c1C. The van der Waals surface area contributed by atoms with E-state index in [1.54, 1.807) is 13.8 Å². The van der Waals surface area contributed by atoms with Gasteiger partial charge in [-0.25, -0.2) is 0 Å². The van der Waals surface area contributed by atoms with Gasteiger partial charge in [-0.1, -0.05) is 0 Å². The van der Waals surface area contributed by atoms with E-state index < -0.39 is 0 Å². The van der Waals surface area contributed by atoms with Crippen LogP contribution < -0.4 is 4.85 Å². The molecule has 0 aliphatic rings. The zero-order valence-corrected chi connectivity index (χ0v) is 6.29. The summed E-state index contributed by atoms with van der Waals surface area (Å²) < 4.78 is 0. The van der Waals surface area contributed by atoms with E-state index in [1.807, 2.05) is 6.92 Å². The van der Waals surface area contributed by atoms with Crippen LogP contribution in [0.2, 0.25) is 0 Å². The summed E-state index contributed by atoms with van der Waals surface area (Å²) in [4.78, 5) is 1.43. The lowest BCUT2D eigenvalue weighted by molar-refractivity contribution is -0.983. The summed E-state index contributed by atoms with van der Waals surface area (Å²) in [6.07, 6.45) is 0. The molecule has 4 nitrogen and oxygen atoms in total. The van der Waals surface area contributed by atoms with Gasteiger partial charge in [-0.3, -0.25) is 5.21 Å². The molecule has 0 aliphatic carbocycles. The van der Waals surface area contributed by atoms with Gasteiger partial charge in [-0.2, -0.15) is 0 Å². The summed E-state index contributed by atoms with van der Waals surface area (Å²) in [6.45, 7) is 5.30. The summed E-state index contributed by atoms with van der Waals surface area (Å²) in [6, 6.07) is 0. The highest BCUT2D eigenvalue weighted by Gasteiger charge is 2.21. The lowest BCUT2D eigenvalue weighted by Crippen LogP contribution is -2.42. The third kappa shape index (κ3) is 0.650. The van der Waals surface area contributed by atoms with Gasteiger partial charge in [0.05, 0.1) is 10.4 Å². The van der Waals surface area contributed by atoms with Crippen molar-refractivity contribution in [2.45, 2.75) is 20.8 Å². The van der Waals surface area contributed by atoms with Crippen LogP contribution in [-0.2, 0) is 0 Å². The molecule has 0 aromatic carbocycles. The quantitative estimate of drug-likeness (QED) is 0.402. The molecule has 56 valence electrons. The summed E-state index contributed by atoms with van der Waals surface area (Å²) >= 11 is 0. The second-order valence-electron chi connectivity index (χ2n) is 2.37. The van der Waals surface area contributed by atoms with E-state index in [1.165, 1.54) is 0 Å². The highest BCUT2D eigenvalue weighted by Crippen LogP contribution is 2.05. The molecular formula is C6H11N2O2+. The van der Waals surface area contributed by atoms with Crippen molar-refractivity contribution in [2.24, 2.45) is 0 Å². The van der Waals surface area contributed by atoms with E-state index in [0.717, 1.165) is 5.56 Å². The minimum atomic E-state index is 0.653. The van der Waals surface area contributed by atoms with Crippen molar-refractivity contribution in [1.29, 1.82) is 0 Å². The van der Waals surface area contributed by atoms with Crippen LogP contribution in [0.3, 0.4) is 0 Å². The van der Waals surface area contributed by atoms with Gasteiger partial charge in [0.1, 0.15) is 10.5 Å². The molecule has 0 bridgehead atoms. The number of rotatable bonds is 0. The van der Waals surface area contributed by atoms with Crippen LogP contribution in [0.5, 0.6) is 0 Å². The van der Waals surface area contributed by atoms with Crippen LogP contribution in [0.4, 0.5) is 0 Å². The van der Waals surface area contributed by atoms with Gasteiger partial charge in [0.25, 0.3) is 5.69 Å². The van der Waals surface area contributed by atoms with Crippen LogP contribution in [0, 0.1) is 20.8 Å². The van der Waals surface area contributed by atoms with Crippen LogP contribution in [0.1, 0.15) is 17.0 Å². The minimum absolute atomic E-state index is 0.653. The van der Waals surface area contributed by atoms with Crippen LogP contribution >= 0.6 is 0 Å². The van der Waals surface area contributed by atoms with Crippen molar-refractivity contribution in [3.05, 3.63) is 17.0 Å². The second kappa shape index (κ2) is 1.90. The van der Waals surface area contributed by atoms with E-state index >= 15 is 0 Å². The van der Waals surface area contributed by atoms with Gasteiger partial charge in [0.15, 0.2) is 0 Å². The third-order valence-corrected chi connectivity index (χ3v) is 1.86. The highest BCUT2D eigenvalue weighted by molar-refractivity contribution is 5.17. The molecule has 0 radical (unpaired) electrons. The van der Waals surface area contributed by atoms with Gasteiger partial charge in [0, 0.05) is 6.92 Å². The first-order valence-electron chi connectivity index (χ1n) is 3.05. The molecule has 0 saturated carbocycles. The molecule has 4 heteroatoms.